The molecule has 0 fully saturated rings. The van der Waals surface area contributed by atoms with Crippen molar-refractivity contribution in [2.75, 3.05) is 13.7 Å². The zero-order valence-electron chi connectivity index (χ0n) is 9.94. The summed E-state index contributed by atoms with van der Waals surface area (Å²) in [5.74, 6) is -0.645. The van der Waals surface area contributed by atoms with Crippen LogP contribution in [0.25, 0.3) is 0 Å². The molecule has 1 aromatic carbocycles. The highest BCUT2D eigenvalue weighted by Crippen LogP contribution is 2.13. The first kappa shape index (κ1) is 13.6. The Kier molecular flexibility index (Phi) is 5.06. The average Bonchev–Trinajstić information content (AvgIpc) is 2.29. The number of hydrogen-bond acceptors (Lipinski definition) is 3. The fourth-order valence-corrected chi connectivity index (χ4v) is 1.43. The van der Waals surface area contributed by atoms with Gasteiger partial charge in [-0.3, -0.25) is 4.79 Å². The molecule has 0 aliphatic rings. The third-order valence-corrected chi connectivity index (χ3v) is 2.39. The highest BCUT2D eigenvalue weighted by molar-refractivity contribution is 5.82. The predicted octanol–water partition coefficient (Wildman–Crippen LogP) is 0.977. The standard InChI is InChI=1S/C12H17FN2O2/c1-8(9-4-3-5-10(13)6-9)15-12(16)11(14)7-17-2/h3-6,8,11H,7,14H2,1-2H3,(H,15,16)/t8-,11?/m1/s1. The smallest absolute Gasteiger partial charge is 0.239 e. The second-order valence-electron chi connectivity index (χ2n) is 3.85. The van der Waals surface area contributed by atoms with Crippen molar-refractivity contribution in [3.05, 3.63) is 35.6 Å². The van der Waals surface area contributed by atoms with Gasteiger partial charge in [0.05, 0.1) is 12.6 Å². The van der Waals surface area contributed by atoms with Crippen LogP contribution in [0, 0.1) is 5.82 Å². The second-order valence-corrected chi connectivity index (χ2v) is 3.85. The average molecular weight is 240 g/mol. The molecule has 1 aromatic rings. The van der Waals surface area contributed by atoms with Crippen molar-refractivity contribution in [3.8, 4) is 0 Å². The molecule has 2 atom stereocenters. The van der Waals surface area contributed by atoms with Gasteiger partial charge in [-0.05, 0) is 24.6 Å². The zero-order valence-corrected chi connectivity index (χ0v) is 9.94. The normalized spacial score (nSPS) is 14.1. The lowest BCUT2D eigenvalue weighted by atomic mass is 10.1. The van der Waals surface area contributed by atoms with Crippen LogP contribution in [0.15, 0.2) is 24.3 Å². The molecular weight excluding hydrogens is 223 g/mol. The Morgan fingerprint density at radius 1 is 1.59 bits per heavy atom. The highest BCUT2D eigenvalue weighted by atomic mass is 19.1. The first-order chi connectivity index (χ1) is 8.04. The van der Waals surface area contributed by atoms with Gasteiger partial charge in [-0.25, -0.2) is 4.39 Å². The van der Waals surface area contributed by atoms with Gasteiger partial charge >= 0.3 is 0 Å². The molecule has 0 bridgehead atoms. The minimum absolute atomic E-state index is 0.154. The van der Waals surface area contributed by atoms with E-state index in [0.29, 0.717) is 5.56 Å². The molecular formula is C12H17FN2O2. The molecule has 1 unspecified atom stereocenters. The van der Waals surface area contributed by atoms with E-state index in [1.165, 1.54) is 19.2 Å². The number of halogens is 1. The van der Waals surface area contributed by atoms with Gasteiger partial charge in [-0.2, -0.15) is 0 Å². The summed E-state index contributed by atoms with van der Waals surface area (Å²) in [6.45, 7) is 1.92. The predicted molar refractivity (Wildman–Crippen MR) is 62.8 cm³/mol. The Balaban J connectivity index is 2.60. The van der Waals surface area contributed by atoms with E-state index in [-0.39, 0.29) is 24.4 Å². The number of carbonyl (C=O) groups is 1. The van der Waals surface area contributed by atoms with E-state index in [1.807, 2.05) is 0 Å². The molecule has 3 N–H and O–H groups in total. The van der Waals surface area contributed by atoms with Gasteiger partial charge in [-0.1, -0.05) is 12.1 Å². The molecule has 0 heterocycles. The van der Waals surface area contributed by atoms with Gasteiger partial charge in [0.25, 0.3) is 0 Å². The summed E-state index contributed by atoms with van der Waals surface area (Å²) in [4.78, 5) is 11.6. The van der Waals surface area contributed by atoms with E-state index in [2.05, 4.69) is 5.32 Å². The van der Waals surface area contributed by atoms with Gasteiger partial charge in [0, 0.05) is 7.11 Å². The number of benzene rings is 1. The van der Waals surface area contributed by atoms with Crippen LogP contribution in [-0.2, 0) is 9.53 Å². The van der Waals surface area contributed by atoms with E-state index in [4.69, 9.17) is 10.5 Å². The maximum absolute atomic E-state index is 13.0. The zero-order chi connectivity index (χ0) is 12.8. The first-order valence-corrected chi connectivity index (χ1v) is 5.35. The lowest BCUT2D eigenvalue weighted by Crippen LogP contribution is -2.44. The molecule has 0 aliphatic carbocycles. The monoisotopic (exact) mass is 240 g/mol. The SMILES string of the molecule is COCC(N)C(=O)N[C@H](C)c1cccc(F)c1. The third kappa shape index (κ3) is 4.13. The van der Waals surface area contributed by atoms with Crippen LogP contribution >= 0.6 is 0 Å². The van der Waals surface area contributed by atoms with Crippen molar-refractivity contribution in [3.63, 3.8) is 0 Å². The van der Waals surface area contributed by atoms with E-state index < -0.39 is 6.04 Å². The summed E-state index contributed by atoms with van der Waals surface area (Å²) >= 11 is 0. The van der Waals surface area contributed by atoms with Gasteiger partial charge in [0.15, 0.2) is 0 Å². The number of methoxy groups -OCH3 is 1. The third-order valence-electron chi connectivity index (χ3n) is 2.39. The van der Waals surface area contributed by atoms with E-state index in [9.17, 15) is 9.18 Å². The Labute approximate surface area is 100.0 Å². The lowest BCUT2D eigenvalue weighted by molar-refractivity contribution is -0.124. The van der Waals surface area contributed by atoms with E-state index >= 15 is 0 Å². The number of rotatable bonds is 5. The Hall–Kier alpha value is -1.46. The second kappa shape index (κ2) is 6.32. The molecule has 0 aromatic heterocycles. The molecule has 5 heteroatoms. The van der Waals surface area contributed by atoms with Crippen LogP contribution in [0.2, 0.25) is 0 Å². The number of hydrogen-bond donors (Lipinski definition) is 2. The van der Waals surface area contributed by atoms with Crippen molar-refractivity contribution in [2.45, 2.75) is 19.0 Å². The van der Waals surface area contributed by atoms with Crippen molar-refractivity contribution in [1.29, 1.82) is 0 Å². The van der Waals surface area contributed by atoms with Gasteiger partial charge < -0.3 is 15.8 Å². The Bertz CT molecular complexity index is 385. The maximum atomic E-state index is 13.0. The fourth-order valence-electron chi connectivity index (χ4n) is 1.43. The quantitative estimate of drug-likeness (QED) is 0.806. The number of nitrogens with one attached hydrogen (secondary N) is 1. The first-order valence-electron chi connectivity index (χ1n) is 5.35. The topological polar surface area (TPSA) is 64.3 Å². The van der Waals surface area contributed by atoms with Crippen LogP contribution < -0.4 is 11.1 Å². The summed E-state index contributed by atoms with van der Waals surface area (Å²) in [6.07, 6.45) is 0. The van der Waals surface area contributed by atoms with Crippen molar-refractivity contribution in [2.24, 2.45) is 5.73 Å². The fraction of sp³-hybridized carbons (Fsp3) is 0.417. The maximum Gasteiger partial charge on any atom is 0.239 e. The van der Waals surface area contributed by atoms with E-state index in [0.717, 1.165) is 0 Å². The molecule has 1 amide bonds. The molecule has 0 aliphatic heterocycles. The van der Waals surface area contributed by atoms with Crippen molar-refractivity contribution < 1.29 is 13.9 Å². The molecule has 4 nitrogen and oxygen atoms in total. The molecule has 17 heavy (non-hydrogen) atoms. The number of nitrogens with two attached hydrogens (primary N) is 1. The minimum atomic E-state index is -0.712. The number of carbonyl (C=O) groups excluding carboxylic acids is 1. The number of amides is 1. The molecule has 0 radical (unpaired) electrons. The van der Waals surface area contributed by atoms with Crippen LogP contribution in [0.3, 0.4) is 0 Å². The van der Waals surface area contributed by atoms with Crippen molar-refractivity contribution in [1.82, 2.24) is 5.32 Å². The lowest BCUT2D eigenvalue weighted by Gasteiger charge is -2.17. The number of ether oxygens (including phenoxy) is 1. The van der Waals surface area contributed by atoms with Crippen molar-refractivity contribution >= 4 is 5.91 Å². The van der Waals surface area contributed by atoms with Gasteiger partial charge in [0.2, 0.25) is 5.91 Å². The summed E-state index contributed by atoms with van der Waals surface area (Å²) in [5, 5.41) is 2.70. The molecule has 0 saturated heterocycles. The van der Waals surface area contributed by atoms with Crippen LogP contribution in [0.1, 0.15) is 18.5 Å². The summed E-state index contributed by atoms with van der Waals surface area (Å²) in [6, 6.07) is 5.08. The van der Waals surface area contributed by atoms with Gasteiger partial charge in [0.1, 0.15) is 11.9 Å². The molecule has 1 rings (SSSR count). The highest BCUT2D eigenvalue weighted by Gasteiger charge is 2.16. The largest absolute Gasteiger partial charge is 0.383 e. The van der Waals surface area contributed by atoms with Gasteiger partial charge in [-0.15, -0.1) is 0 Å². The molecule has 0 spiro atoms. The Morgan fingerprint density at radius 2 is 2.29 bits per heavy atom. The van der Waals surface area contributed by atoms with E-state index in [1.54, 1.807) is 19.1 Å². The summed E-state index contributed by atoms with van der Waals surface area (Å²) in [7, 11) is 1.48. The van der Waals surface area contributed by atoms with Crippen LogP contribution in [0.5, 0.6) is 0 Å². The summed E-state index contributed by atoms with van der Waals surface area (Å²) in [5.41, 5.74) is 6.27. The minimum Gasteiger partial charge on any atom is -0.383 e. The molecule has 0 saturated carbocycles. The summed E-state index contributed by atoms with van der Waals surface area (Å²) < 4.78 is 17.8. The Morgan fingerprint density at radius 3 is 2.88 bits per heavy atom. The van der Waals surface area contributed by atoms with Crippen LogP contribution in [-0.4, -0.2) is 25.7 Å². The van der Waals surface area contributed by atoms with Crippen LogP contribution in [0.4, 0.5) is 4.39 Å². The molecule has 94 valence electrons.